The topological polar surface area (TPSA) is 42.4 Å². The van der Waals surface area contributed by atoms with Gasteiger partial charge in [-0.1, -0.05) is 0 Å². The van der Waals surface area contributed by atoms with Gasteiger partial charge in [0.2, 0.25) is 5.88 Å². The second-order valence-electron chi connectivity index (χ2n) is 4.88. The molecule has 0 spiro atoms. The Labute approximate surface area is 107 Å². The number of aromatic nitrogens is 1. The summed E-state index contributed by atoms with van der Waals surface area (Å²) in [6.07, 6.45) is 5.04. The van der Waals surface area contributed by atoms with Gasteiger partial charge in [0.1, 0.15) is 5.82 Å². The molecular formula is C14H20FNO2. The van der Waals surface area contributed by atoms with Crippen molar-refractivity contribution in [2.24, 2.45) is 5.92 Å². The minimum absolute atomic E-state index is 0.231. The number of pyridine rings is 1. The van der Waals surface area contributed by atoms with E-state index in [1.54, 1.807) is 6.07 Å². The predicted octanol–water partition coefficient (Wildman–Crippen LogP) is 2.89. The number of nitrogens with zero attached hydrogens (tertiary/aromatic N) is 1. The van der Waals surface area contributed by atoms with Gasteiger partial charge in [0.25, 0.3) is 0 Å². The van der Waals surface area contributed by atoms with Crippen molar-refractivity contribution in [3.63, 3.8) is 0 Å². The molecule has 0 radical (unpaired) electrons. The van der Waals surface area contributed by atoms with Gasteiger partial charge in [-0.05, 0) is 50.0 Å². The molecular weight excluding hydrogens is 233 g/mol. The third-order valence-electron chi connectivity index (χ3n) is 3.70. The van der Waals surface area contributed by atoms with Crippen molar-refractivity contribution in [3.05, 3.63) is 23.6 Å². The van der Waals surface area contributed by atoms with E-state index in [0.717, 1.165) is 25.7 Å². The van der Waals surface area contributed by atoms with Gasteiger partial charge in [-0.25, -0.2) is 9.37 Å². The summed E-state index contributed by atoms with van der Waals surface area (Å²) < 4.78 is 19.1. The Morgan fingerprint density at radius 2 is 2.11 bits per heavy atom. The van der Waals surface area contributed by atoms with E-state index < -0.39 is 0 Å². The molecule has 1 fully saturated rings. The van der Waals surface area contributed by atoms with E-state index in [1.165, 1.54) is 6.20 Å². The Morgan fingerprint density at radius 1 is 1.39 bits per heavy atom. The molecule has 0 unspecified atom stereocenters. The normalized spacial score (nSPS) is 23.9. The smallest absolute Gasteiger partial charge is 0.213 e. The molecule has 1 aromatic heterocycles. The van der Waals surface area contributed by atoms with Crippen molar-refractivity contribution in [1.82, 2.24) is 4.98 Å². The minimum Gasteiger partial charge on any atom is -0.478 e. The van der Waals surface area contributed by atoms with Crippen LogP contribution in [0.5, 0.6) is 5.88 Å². The first-order chi connectivity index (χ1) is 8.74. The largest absolute Gasteiger partial charge is 0.478 e. The van der Waals surface area contributed by atoms with Gasteiger partial charge >= 0.3 is 0 Å². The van der Waals surface area contributed by atoms with Crippen LogP contribution in [-0.4, -0.2) is 23.3 Å². The van der Waals surface area contributed by atoms with E-state index in [1.807, 2.05) is 6.92 Å². The van der Waals surface area contributed by atoms with Crippen molar-refractivity contribution >= 4 is 0 Å². The Hall–Kier alpha value is -1.16. The van der Waals surface area contributed by atoms with Crippen LogP contribution in [0.15, 0.2) is 12.3 Å². The Morgan fingerprint density at radius 3 is 2.72 bits per heavy atom. The van der Waals surface area contributed by atoms with Gasteiger partial charge < -0.3 is 9.84 Å². The number of hydrogen-bond donors (Lipinski definition) is 1. The average molecular weight is 253 g/mol. The van der Waals surface area contributed by atoms with Gasteiger partial charge in [0.15, 0.2) is 0 Å². The fraction of sp³-hybridized carbons (Fsp3) is 0.643. The van der Waals surface area contributed by atoms with E-state index in [2.05, 4.69) is 4.98 Å². The average Bonchev–Trinajstić information content (AvgIpc) is 2.41. The molecule has 1 saturated carbocycles. The lowest BCUT2D eigenvalue weighted by molar-refractivity contribution is 0.181. The van der Waals surface area contributed by atoms with Crippen LogP contribution in [0.25, 0.3) is 0 Å². The molecule has 3 nitrogen and oxygen atoms in total. The lowest BCUT2D eigenvalue weighted by atomic mass is 9.79. The number of ether oxygens (including phenoxy) is 1. The molecule has 18 heavy (non-hydrogen) atoms. The van der Waals surface area contributed by atoms with E-state index in [0.29, 0.717) is 24.0 Å². The van der Waals surface area contributed by atoms with Crippen molar-refractivity contribution in [2.45, 2.75) is 38.5 Å². The Bertz CT molecular complexity index is 389. The fourth-order valence-electron chi connectivity index (χ4n) is 2.63. The van der Waals surface area contributed by atoms with Gasteiger partial charge in [0, 0.05) is 12.7 Å². The van der Waals surface area contributed by atoms with Crippen molar-refractivity contribution in [2.75, 3.05) is 13.2 Å². The van der Waals surface area contributed by atoms with Crippen LogP contribution in [0.3, 0.4) is 0 Å². The molecule has 0 bridgehead atoms. The van der Waals surface area contributed by atoms with Crippen LogP contribution in [0.4, 0.5) is 4.39 Å². The molecule has 1 aromatic rings. The van der Waals surface area contributed by atoms with Crippen LogP contribution in [0, 0.1) is 11.7 Å². The summed E-state index contributed by atoms with van der Waals surface area (Å²) >= 11 is 0. The zero-order chi connectivity index (χ0) is 13.0. The van der Waals surface area contributed by atoms with Crippen LogP contribution in [-0.2, 0) is 0 Å². The number of halogens is 1. The van der Waals surface area contributed by atoms with Crippen LogP contribution >= 0.6 is 0 Å². The lowest BCUT2D eigenvalue weighted by Crippen LogP contribution is -2.17. The summed E-state index contributed by atoms with van der Waals surface area (Å²) in [6.45, 7) is 2.67. The maximum absolute atomic E-state index is 13.8. The summed E-state index contributed by atoms with van der Waals surface area (Å²) in [4.78, 5) is 3.92. The third kappa shape index (κ3) is 2.99. The highest BCUT2D eigenvalue weighted by molar-refractivity contribution is 5.26. The van der Waals surface area contributed by atoms with Crippen molar-refractivity contribution in [1.29, 1.82) is 0 Å². The number of hydrogen-bond acceptors (Lipinski definition) is 3. The number of aliphatic hydroxyl groups is 1. The van der Waals surface area contributed by atoms with E-state index in [-0.39, 0.29) is 18.3 Å². The van der Waals surface area contributed by atoms with Crippen LogP contribution in [0.2, 0.25) is 0 Å². The summed E-state index contributed by atoms with van der Waals surface area (Å²) in [5.41, 5.74) is 0.713. The number of aliphatic hydroxyl groups excluding tert-OH is 1. The van der Waals surface area contributed by atoms with Gasteiger partial charge in [-0.2, -0.15) is 0 Å². The first-order valence-electron chi connectivity index (χ1n) is 6.63. The molecule has 2 rings (SSSR count). The minimum atomic E-state index is -0.245. The standard InChI is InChI=1S/C14H20FNO2/c1-2-18-14-7-12(13(15)8-16-14)11-5-3-10(9-17)4-6-11/h7-8,10-11,17H,2-6,9H2,1H3. The monoisotopic (exact) mass is 253 g/mol. The van der Waals surface area contributed by atoms with E-state index >= 15 is 0 Å². The SMILES string of the molecule is CCOc1cc(C2CCC(CO)CC2)c(F)cn1. The maximum Gasteiger partial charge on any atom is 0.213 e. The van der Waals surface area contributed by atoms with E-state index in [4.69, 9.17) is 9.84 Å². The second kappa shape index (κ2) is 6.14. The zero-order valence-electron chi connectivity index (χ0n) is 10.7. The van der Waals surface area contributed by atoms with Crippen molar-refractivity contribution < 1.29 is 14.2 Å². The molecule has 0 aromatic carbocycles. The molecule has 4 heteroatoms. The quantitative estimate of drug-likeness (QED) is 0.897. The molecule has 1 heterocycles. The van der Waals surface area contributed by atoms with E-state index in [9.17, 15) is 4.39 Å². The molecule has 0 amide bonds. The number of rotatable bonds is 4. The highest BCUT2D eigenvalue weighted by atomic mass is 19.1. The Kier molecular flexibility index (Phi) is 4.53. The molecule has 0 aliphatic heterocycles. The molecule has 0 saturated heterocycles. The molecule has 0 atom stereocenters. The maximum atomic E-state index is 13.8. The lowest BCUT2D eigenvalue weighted by Gasteiger charge is -2.27. The van der Waals surface area contributed by atoms with Crippen LogP contribution in [0.1, 0.15) is 44.1 Å². The highest BCUT2D eigenvalue weighted by Gasteiger charge is 2.24. The van der Waals surface area contributed by atoms with Crippen molar-refractivity contribution in [3.8, 4) is 5.88 Å². The summed E-state index contributed by atoms with van der Waals surface area (Å²) in [7, 11) is 0. The summed E-state index contributed by atoms with van der Waals surface area (Å²) in [5.74, 6) is 0.872. The molecule has 1 aliphatic rings. The third-order valence-corrected chi connectivity index (χ3v) is 3.70. The highest BCUT2D eigenvalue weighted by Crippen LogP contribution is 2.37. The molecule has 100 valence electrons. The summed E-state index contributed by atoms with van der Waals surface area (Å²) in [6, 6.07) is 1.72. The summed E-state index contributed by atoms with van der Waals surface area (Å²) in [5, 5.41) is 9.11. The zero-order valence-corrected chi connectivity index (χ0v) is 10.7. The Balaban J connectivity index is 2.10. The molecule has 1 aliphatic carbocycles. The molecule has 1 N–H and O–H groups in total. The first-order valence-corrected chi connectivity index (χ1v) is 6.63. The second-order valence-corrected chi connectivity index (χ2v) is 4.88. The fourth-order valence-corrected chi connectivity index (χ4v) is 2.63. The predicted molar refractivity (Wildman–Crippen MR) is 67.1 cm³/mol. The van der Waals surface area contributed by atoms with Crippen LogP contribution < -0.4 is 4.74 Å². The van der Waals surface area contributed by atoms with Gasteiger partial charge in [-0.15, -0.1) is 0 Å². The van der Waals surface area contributed by atoms with Gasteiger partial charge in [-0.3, -0.25) is 0 Å². The first kappa shape index (κ1) is 13.3. The van der Waals surface area contributed by atoms with Gasteiger partial charge in [0.05, 0.1) is 12.8 Å².